The van der Waals surface area contributed by atoms with E-state index in [0.29, 0.717) is 6.04 Å². The minimum absolute atomic E-state index is 0.0839. The number of hydrogen-bond donors (Lipinski definition) is 1. The van der Waals surface area contributed by atoms with E-state index in [-0.39, 0.29) is 5.54 Å². The first kappa shape index (κ1) is 15.2. The molecule has 4 heteroatoms. The van der Waals surface area contributed by atoms with Crippen molar-refractivity contribution in [3.8, 4) is 0 Å². The van der Waals surface area contributed by atoms with E-state index < -0.39 is 0 Å². The van der Waals surface area contributed by atoms with Gasteiger partial charge in [-0.15, -0.1) is 0 Å². The summed E-state index contributed by atoms with van der Waals surface area (Å²) >= 11 is 0. The van der Waals surface area contributed by atoms with Crippen LogP contribution < -0.4 is 5.73 Å². The van der Waals surface area contributed by atoms with Crippen LogP contribution in [0.5, 0.6) is 0 Å². The third kappa shape index (κ3) is 3.13. The van der Waals surface area contributed by atoms with Crippen LogP contribution in [0.15, 0.2) is 0 Å². The van der Waals surface area contributed by atoms with Crippen LogP contribution in [0, 0.1) is 5.92 Å². The molecule has 1 aliphatic carbocycles. The lowest BCUT2D eigenvalue weighted by Gasteiger charge is -2.47. The molecule has 2 atom stereocenters. The maximum Gasteiger partial charge on any atom is 0.0661 e. The first-order valence-electron chi connectivity index (χ1n) is 7.82. The summed E-state index contributed by atoms with van der Waals surface area (Å²) in [5.74, 6) is 0.745. The first-order valence-corrected chi connectivity index (χ1v) is 7.82. The van der Waals surface area contributed by atoms with Crippen LogP contribution in [-0.2, 0) is 4.74 Å². The van der Waals surface area contributed by atoms with Crippen LogP contribution >= 0.6 is 0 Å². The Morgan fingerprint density at radius 3 is 2.58 bits per heavy atom. The number of rotatable bonds is 6. The molecule has 4 nitrogen and oxygen atoms in total. The van der Waals surface area contributed by atoms with Crippen molar-refractivity contribution in [1.82, 2.24) is 9.80 Å². The second-order valence-corrected chi connectivity index (χ2v) is 6.39. The molecule has 0 amide bonds. The van der Waals surface area contributed by atoms with E-state index in [1.54, 1.807) is 0 Å². The Balaban J connectivity index is 2.21. The van der Waals surface area contributed by atoms with Crippen LogP contribution in [0.1, 0.15) is 32.6 Å². The summed E-state index contributed by atoms with van der Waals surface area (Å²) in [6, 6.07) is 0.617. The van der Waals surface area contributed by atoms with Gasteiger partial charge in [-0.3, -0.25) is 4.90 Å². The predicted octanol–water partition coefficient (Wildman–Crippen LogP) is 1.16. The topological polar surface area (TPSA) is 41.7 Å². The zero-order chi connectivity index (χ0) is 13.9. The normalized spacial score (nSPS) is 30.0. The highest BCUT2D eigenvalue weighted by atomic mass is 16.5. The van der Waals surface area contributed by atoms with Crippen molar-refractivity contribution in [2.24, 2.45) is 11.7 Å². The highest BCUT2D eigenvalue weighted by Crippen LogP contribution is 2.44. The molecular weight excluding hydrogens is 238 g/mol. The molecule has 0 bridgehead atoms. The van der Waals surface area contributed by atoms with E-state index in [0.717, 1.165) is 25.6 Å². The smallest absolute Gasteiger partial charge is 0.0661 e. The number of nitrogens with two attached hydrogens (primary N) is 1. The molecule has 2 aliphatic rings. The fourth-order valence-corrected chi connectivity index (χ4v) is 3.83. The van der Waals surface area contributed by atoms with Gasteiger partial charge in [0, 0.05) is 32.8 Å². The van der Waals surface area contributed by atoms with Crippen LogP contribution in [0.4, 0.5) is 0 Å². The van der Waals surface area contributed by atoms with Crippen molar-refractivity contribution in [3.05, 3.63) is 0 Å². The molecule has 2 unspecified atom stereocenters. The van der Waals surface area contributed by atoms with Gasteiger partial charge in [-0.25, -0.2) is 0 Å². The molecule has 0 radical (unpaired) electrons. The van der Waals surface area contributed by atoms with Crippen LogP contribution in [0.2, 0.25) is 0 Å². The minimum Gasteiger partial charge on any atom is -0.383 e. The Kier molecular flexibility index (Phi) is 5.23. The van der Waals surface area contributed by atoms with Gasteiger partial charge in [0.1, 0.15) is 0 Å². The molecule has 1 aliphatic heterocycles. The molecule has 1 saturated heterocycles. The summed E-state index contributed by atoms with van der Waals surface area (Å²) in [5, 5.41) is 0. The number of ether oxygens (including phenoxy) is 1. The third-order valence-corrected chi connectivity index (χ3v) is 5.03. The predicted molar refractivity (Wildman–Crippen MR) is 79.3 cm³/mol. The monoisotopic (exact) mass is 269 g/mol. The first-order chi connectivity index (χ1) is 9.17. The molecule has 2 rings (SSSR count). The average molecular weight is 269 g/mol. The molecule has 2 N–H and O–H groups in total. The van der Waals surface area contributed by atoms with Crippen molar-refractivity contribution in [2.45, 2.75) is 44.2 Å². The Labute approximate surface area is 118 Å². The van der Waals surface area contributed by atoms with Crippen LogP contribution in [0.3, 0.4) is 0 Å². The second kappa shape index (κ2) is 6.53. The van der Waals surface area contributed by atoms with Gasteiger partial charge in [-0.1, -0.05) is 6.92 Å². The molecule has 0 aromatic rings. The van der Waals surface area contributed by atoms with E-state index in [1.807, 2.05) is 7.11 Å². The van der Waals surface area contributed by atoms with Crippen molar-refractivity contribution in [1.29, 1.82) is 0 Å². The fourth-order valence-electron chi connectivity index (χ4n) is 3.83. The van der Waals surface area contributed by atoms with Crippen LogP contribution in [0.25, 0.3) is 0 Å². The zero-order valence-electron chi connectivity index (χ0n) is 12.9. The van der Waals surface area contributed by atoms with Gasteiger partial charge in [0.05, 0.1) is 12.1 Å². The van der Waals surface area contributed by atoms with E-state index >= 15 is 0 Å². The lowest BCUT2D eigenvalue weighted by atomic mass is 9.89. The Bertz CT molecular complexity index is 283. The second-order valence-electron chi connectivity index (χ2n) is 6.39. The lowest BCUT2D eigenvalue weighted by molar-refractivity contribution is -0.0261. The van der Waals surface area contributed by atoms with Crippen molar-refractivity contribution < 1.29 is 4.74 Å². The number of hydrogen-bond acceptors (Lipinski definition) is 4. The average Bonchev–Trinajstić information content (AvgIpc) is 3.23. The van der Waals surface area contributed by atoms with Gasteiger partial charge in [-0.05, 0) is 45.2 Å². The van der Waals surface area contributed by atoms with Gasteiger partial charge in [-0.2, -0.15) is 0 Å². The summed E-state index contributed by atoms with van der Waals surface area (Å²) in [6.07, 6.45) is 5.08. The highest BCUT2D eigenvalue weighted by Gasteiger charge is 2.50. The van der Waals surface area contributed by atoms with E-state index in [4.69, 9.17) is 10.5 Å². The minimum atomic E-state index is 0.0839. The summed E-state index contributed by atoms with van der Waals surface area (Å²) in [4.78, 5) is 5.17. The SMILES string of the molecule is CCC1CN(C)CCCN1C(CN)(COC)C1CC1. The maximum absolute atomic E-state index is 6.23. The number of nitrogens with zero attached hydrogens (tertiary/aromatic N) is 2. The van der Waals surface area contributed by atoms with Gasteiger partial charge in [0.25, 0.3) is 0 Å². The Hall–Kier alpha value is -0.160. The Morgan fingerprint density at radius 2 is 2.05 bits per heavy atom. The summed E-state index contributed by atoms with van der Waals surface area (Å²) < 4.78 is 5.58. The molecule has 0 aromatic carbocycles. The van der Waals surface area contributed by atoms with Gasteiger partial charge in [0.15, 0.2) is 0 Å². The molecule has 0 aromatic heterocycles. The number of likely N-dealkylation sites (N-methyl/N-ethyl adjacent to an activating group) is 1. The van der Waals surface area contributed by atoms with Gasteiger partial charge in [0.2, 0.25) is 0 Å². The molecule has 19 heavy (non-hydrogen) atoms. The summed E-state index contributed by atoms with van der Waals surface area (Å²) in [7, 11) is 4.06. The van der Waals surface area contributed by atoms with Gasteiger partial charge >= 0.3 is 0 Å². The summed E-state index contributed by atoms with van der Waals surface area (Å²) in [5.41, 5.74) is 6.32. The standard InChI is InChI=1S/C15H31N3O/c1-4-14-10-17(2)8-5-9-18(14)15(11-16,12-19-3)13-6-7-13/h13-14H,4-12,16H2,1-3H3. The molecule has 1 heterocycles. The highest BCUT2D eigenvalue weighted by molar-refractivity contribution is 5.06. The zero-order valence-corrected chi connectivity index (χ0v) is 12.9. The van der Waals surface area contributed by atoms with Crippen LogP contribution in [-0.4, -0.2) is 68.3 Å². The van der Waals surface area contributed by atoms with Gasteiger partial charge < -0.3 is 15.4 Å². The maximum atomic E-state index is 6.23. The molecule has 1 saturated carbocycles. The van der Waals surface area contributed by atoms with Crippen molar-refractivity contribution in [2.75, 3.05) is 46.9 Å². The van der Waals surface area contributed by atoms with E-state index in [2.05, 4.69) is 23.8 Å². The molecule has 112 valence electrons. The molecule has 2 fully saturated rings. The largest absolute Gasteiger partial charge is 0.383 e. The Morgan fingerprint density at radius 1 is 1.32 bits per heavy atom. The van der Waals surface area contributed by atoms with E-state index in [9.17, 15) is 0 Å². The summed E-state index contributed by atoms with van der Waals surface area (Å²) in [6.45, 7) is 7.35. The fraction of sp³-hybridized carbons (Fsp3) is 1.00. The van der Waals surface area contributed by atoms with Crippen molar-refractivity contribution >= 4 is 0 Å². The lowest BCUT2D eigenvalue weighted by Crippen LogP contribution is -2.62. The third-order valence-electron chi connectivity index (χ3n) is 5.03. The quantitative estimate of drug-likeness (QED) is 0.785. The molecule has 0 spiro atoms. The van der Waals surface area contributed by atoms with E-state index in [1.165, 1.54) is 38.8 Å². The number of methoxy groups -OCH3 is 1. The van der Waals surface area contributed by atoms with Crippen molar-refractivity contribution in [3.63, 3.8) is 0 Å². The molecular formula is C15H31N3O.